The zero-order chi connectivity index (χ0) is 7.40. The number of methoxy groups -OCH3 is 1. The van der Waals surface area contributed by atoms with E-state index >= 15 is 0 Å². The van der Waals surface area contributed by atoms with Crippen LogP contribution in [0.5, 0.6) is 0 Å². The first kappa shape index (κ1) is 8.02. The van der Waals surface area contributed by atoms with Crippen molar-refractivity contribution < 1.29 is 4.74 Å². The van der Waals surface area contributed by atoms with Crippen LogP contribution in [-0.4, -0.2) is 31.3 Å². The summed E-state index contributed by atoms with van der Waals surface area (Å²) >= 11 is 0. The molecular formula is C8H17NO. The molecule has 0 aromatic rings. The average molecular weight is 143 g/mol. The van der Waals surface area contributed by atoms with Gasteiger partial charge in [-0.25, -0.2) is 0 Å². The summed E-state index contributed by atoms with van der Waals surface area (Å²) < 4.78 is 5.22. The van der Waals surface area contributed by atoms with Crippen LogP contribution in [0.2, 0.25) is 0 Å². The molecule has 1 aliphatic rings. The van der Waals surface area contributed by atoms with E-state index in [1.54, 1.807) is 7.11 Å². The zero-order valence-electron chi connectivity index (χ0n) is 6.97. The molecule has 0 N–H and O–H groups in total. The predicted molar refractivity (Wildman–Crippen MR) is 41.9 cm³/mol. The number of likely N-dealkylation sites (tertiary alicyclic amines) is 1. The summed E-state index contributed by atoms with van der Waals surface area (Å²) in [5.41, 5.74) is 0. The molecule has 0 aliphatic carbocycles. The lowest BCUT2D eigenvalue weighted by Gasteiger charge is -2.30. The maximum atomic E-state index is 5.22. The van der Waals surface area contributed by atoms with Gasteiger partial charge in [0.2, 0.25) is 0 Å². The Kier molecular flexibility index (Phi) is 3.16. The van der Waals surface area contributed by atoms with E-state index in [-0.39, 0.29) is 0 Å². The molecule has 1 atom stereocenters. The van der Waals surface area contributed by atoms with E-state index < -0.39 is 0 Å². The fourth-order valence-electron chi connectivity index (χ4n) is 1.43. The molecule has 10 heavy (non-hydrogen) atoms. The maximum absolute atomic E-state index is 5.22. The summed E-state index contributed by atoms with van der Waals surface area (Å²) in [4.78, 5) is 2.39. The molecule has 0 radical (unpaired) electrons. The molecule has 1 rings (SSSR count). The summed E-state index contributed by atoms with van der Waals surface area (Å²) in [5.74, 6) is 0. The van der Waals surface area contributed by atoms with Crippen LogP contribution in [0.15, 0.2) is 0 Å². The smallest absolute Gasteiger partial charge is 0.107 e. The van der Waals surface area contributed by atoms with Gasteiger partial charge in [-0.1, -0.05) is 6.42 Å². The summed E-state index contributed by atoms with van der Waals surface area (Å²) in [7, 11) is 1.78. The molecule has 1 fully saturated rings. The third-order valence-corrected chi connectivity index (χ3v) is 2.25. The normalized spacial score (nSPS) is 24.6. The van der Waals surface area contributed by atoms with Crippen LogP contribution in [0.3, 0.4) is 0 Å². The Balaban J connectivity index is 2.24. The van der Waals surface area contributed by atoms with Gasteiger partial charge in [-0.3, -0.25) is 4.90 Å². The van der Waals surface area contributed by atoms with Crippen molar-refractivity contribution in [2.45, 2.75) is 32.4 Å². The number of nitrogens with zero attached hydrogens (tertiary/aromatic N) is 1. The molecule has 1 heterocycles. The molecule has 0 aromatic heterocycles. The number of hydrogen-bond acceptors (Lipinski definition) is 2. The van der Waals surface area contributed by atoms with Crippen LogP contribution in [-0.2, 0) is 4.74 Å². The van der Waals surface area contributed by atoms with E-state index in [1.807, 2.05) is 0 Å². The molecule has 1 aliphatic heterocycles. The highest BCUT2D eigenvalue weighted by atomic mass is 16.5. The minimum Gasteiger partial charge on any atom is -0.367 e. The van der Waals surface area contributed by atoms with E-state index in [0.717, 1.165) is 0 Å². The molecule has 1 unspecified atom stereocenters. The fourth-order valence-corrected chi connectivity index (χ4v) is 1.43. The lowest BCUT2D eigenvalue weighted by molar-refractivity contribution is -0.0279. The molecule has 0 saturated carbocycles. The van der Waals surface area contributed by atoms with E-state index in [1.165, 1.54) is 32.4 Å². The summed E-state index contributed by atoms with van der Waals surface area (Å²) in [6, 6.07) is 0. The van der Waals surface area contributed by atoms with Crippen molar-refractivity contribution in [3.63, 3.8) is 0 Å². The molecule has 2 heteroatoms. The van der Waals surface area contributed by atoms with Crippen LogP contribution in [0.4, 0.5) is 0 Å². The molecule has 0 amide bonds. The average Bonchev–Trinajstić information content (AvgIpc) is 2.05. The van der Waals surface area contributed by atoms with E-state index in [2.05, 4.69) is 11.8 Å². The molecule has 1 saturated heterocycles. The monoisotopic (exact) mass is 143 g/mol. The maximum Gasteiger partial charge on any atom is 0.107 e. The fraction of sp³-hybridized carbons (Fsp3) is 1.00. The topological polar surface area (TPSA) is 12.5 Å². The van der Waals surface area contributed by atoms with Crippen molar-refractivity contribution in [1.29, 1.82) is 0 Å². The molecule has 2 nitrogen and oxygen atoms in total. The minimum absolute atomic E-state index is 0.320. The lowest BCUT2D eigenvalue weighted by Crippen LogP contribution is -2.38. The van der Waals surface area contributed by atoms with Gasteiger partial charge in [0.1, 0.15) is 6.23 Å². The predicted octanol–water partition coefficient (Wildman–Crippen LogP) is 1.46. The van der Waals surface area contributed by atoms with Crippen molar-refractivity contribution >= 4 is 0 Å². The third-order valence-electron chi connectivity index (χ3n) is 2.25. The Morgan fingerprint density at radius 2 is 1.80 bits per heavy atom. The van der Waals surface area contributed by atoms with Crippen LogP contribution in [0.1, 0.15) is 26.2 Å². The SMILES string of the molecule is COC(C)N1CCCCC1. The molecule has 0 aromatic carbocycles. The van der Waals surface area contributed by atoms with E-state index in [0.29, 0.717) is 6.23 Å². The molecule has 0 bridgehead atoms. The number of rotatable bonds is 2. The molecular weight excluding hydrogens is 126 g/mol. The zero-order valence-corrected chi connectivity index (χ0v) is 6.97. The van der Waals surface area contributed by atoms with Gasteiger partial charge in [-0.05, 0) is 19.8 Å². The quantitative estimate of drug-likeness (QED) is 0.580. The highest BCUT2D eigenvalue weighted by molar-refractivity contribution is 4.64. The van der Waals surface area contributed by atoms with E-state index in [4.69, 9.17) is 4.74 Å². The standard InChI is InChI=1S/C8H17NO/c1-8(10-2)9-6-4-3-5-7-9/h8H,3-7H2,1-2H3. The van der Waals surface area contributed by atoms with Crippen molar-refractivity contribution in [3.05, 3.63) is 0 Å². The Morgan fingerprint density at radius 3 is 2.30 bits per heavy atom. The first-order valence-corrected chi connectivity index (χ1v) is 4.11. The van der Waals surface area contributed by atoms with Gasteiger partial charge in [-0.2, -0.15) is 0 Å². The van der Waals surface area contributed by atoms with Gasteiger partial charge >= 0.3 is 0 Å². The number of ether oxygens (including phenoxy) is 1. The van der Waals surface area contributed by atoms with Gasteiger partial charge in [0.05, 0.1) is 0 Å². The van der Waals surface area contributed by atoms with Gasteiger partial charge < -0.3 is 4.74 Å². The van der Waals surface area contributed by atoms with E-state index in [9.17, 15) is 0 Å². The second-order valence-electron chi connectivity index (χ2n) is 2.93. The van der Waals surface area contributed by atoms with Crippen molar-refractivity contribution in [3.8, 4) is 0 Å². The Bertz CT molecular complexity index is 89.3. The third kappa shape index (κ3) is 1.96. The molecule has 60 valence electrons. The van der Waals surface area contributed by atoms with Crippen LogP contribution in [0, 0.1) is 0 Å². The second kappa shape index (κ2) is 3.94. The number of hydrogen-bond donors (Lipinski definition) is 0. The summed E-state index contributed by atoms with van der Waals surface area (Å²) in [6.45, 7) is 4.55. The van der Waals surface area contributed by atoms with Gasteiger partial charge in [0.25, 0.3) is 0 Å². The van der Waals surface area contributed by atoms with Crippen LogP contribution >= 0.6 is 0 Å². The number of piperidine rings is 1. The second-order valence-corrected chi connectivity index (χ2v) is 2.93. The van der Waals surface area contributed by atoms with Crippen molar-refractivity contribution in [2.75, 3.05) is 20.2 Å². The Morgan fingerprint density at radius 1 is 1.20 bits per heavy atom. The largest absolute Gasteiger partial charge is 0.367 e. The summed E-state index contributed by atoms with van der Waals surface area (Å²) in [6.07, 6.45) is 4.40. The molecule has 0 spiro atoms. The van der Waals surface area contributed by atoms with Crippen LogP contribution in [0.25, 0.3) is 0 Å². The summed E-state index contributed by atoms with van der Waals surface area (Å²) in [5, 5.41) is 0. The Hall–Kier alpha value is -0.0800. The van der Waals surface area contributed by atoms with Gasteiger partial charge in [0, 0.05) is 20.2 Å². The van der Waals surface area contributed by atoms with Gasteiger partial charge in [0.15, 0.2) is 0 Å². The van der Waals surface area contributed by atoms with Gasteiger partial charge in [-0.15, -0.1) is 0 Å². The first-order valence-electron chi connectivity index (χ1n) is 4.11. The van der Waals surface area contributed by atoms with Crippen LogP contribution < -0.4 is 0 Å². The first-order chi connectivity index (χ1) is 4.84. The minimum atomic E-state index is 0.320. The van der Waals surface area contributed by atoms with Crippen molar-refractivity contribution in [1.82, 2.24) is 4.90 Å². The Labute approximate surface area is 63.2 Å². The van der Waals surface area contributed by atoms with Crippen molar-refractivity contribution in [2.24, 2.45) is 0 Å². The lowest BCUT2D eigenvalue weighted by atomic mass is 10.1. The highest BCUT2D eigenvalue weighted by Gasteiger charge is 2.14. The highest BCUT2D eigenvalue weighted by Crippen LogP contribution is 2.11.